The van der Waals surface area contributed by atoms with E-state index in [1.807, 2.05) is 31.2 Å². The number of carbonyl (C=O) groups excluding carboxylic acids is 1. The van der Waals surface area contributed by atoms with E-state index in [0.717, 1.165) is 15.8 Å². The second-order valence-corrected chi connectivity index (χ2v) is 4.97. The molecular weight excluding hydrogens is 292 g/mol. The van der Waals surface area contributed by atoms with Crippen LogP contribution in [0.3, 0.4) is 0 Å². The molecule has 0 radical (unpaired) electrons. The first-order valence-electron chi connectivity index (χ1n) is 5.61. The average Bonchev–Trinajstić information content (AvgIpc) is 2.28. The molecule has 0 aliphatic rings. The largest absolute Gasteiger partial charge is 0.457 e. The molecule has 2 rings (SSSR count). The lowest BCUT2D eigenvalue weighted by atomic mass is 10.1. The molecule has 0 saturated heterocycles. The summed E-state index contributed by atoms with van der Waals surface area (Å²) in [6.45, 7) is 3.56. The molecular formula is C15H13BrO2. The van der Waals surface area contributed by atoms with Gasteiger partial charge >= 0.3 is 0 Å². The second kappa shape index (κ2) is 5.36. The molecule has 0 N–H and O–H groups in total. The van der Waals surface area contributed by atoms with Crippen molar-refractivity contribution in [2.75, 3.05) is 0 Å². The normalized spacial score (nSPS) is 10.2. The molecule has 0 heterocycles. The Kier molecular flexibility index (Phi) is 3.82. The van der Waals surface area contributed by atoms with Gasteiger partial charge in [0.05, 0.1) is 0 Å². The highest BCUT2D eigenvalue weighted by Gasteiger charge is 2.06. The Morgan fingerprint density at radius 3 is 2.44 bits per heavy atom. The minimum atomic E-state index is 0.0315. The van der Waals surface area contributed by atoms with E-state index in [9.17, 15) is 4.79 Å². The number of ether oxygens (including phenoxy) is 1. The van der Waals surface area contributed by atoms with Crippen LogP contribution in [0.4, 0.5) is 0 Å². The van der Waals surface area contributed by atoms with Gasteiger partial charge in [0.2, 0.25) is 0 Å². The summed E-state index contributed by atoms with van der Waals surface area (Å²) in [5.74, 6) is 1.53. The molecule has 0 aromatic heterocycles. The molecule has 0 spiro atoms. The van der Waals surface area contributed by atoms with Crippen LogP contribution in [0.1, 0.15) is 22.8 Å². The van der Waals surface area contributed by atoms with Crippen LogP contribution in [-0.4, -0.2) is 5.78 Å². The standard InChI is InChI=1S/C15H13BrO2/c1-10-4-3-5-12(8-10)18-13-6-7-14(11(2)17)15(16)9-13/h3-9H,1-2H3. The Labute approximate surface area is 115 Å². The monoisotopic (exact) mass is 304 g/mol. The summed E-state index contributed by atoms with van der Waals surface area (Å²) < 4.78 is 6.48. The van der Waals surface area contributed by atoms with Gasteiger partial charge in [-0.2, -0.15) is 0 Å². The highest BCUT2D eigenvalue weighted by atomic mass is 79.9. The van der Waals surface area contributed by atoms with Crippen molar-refractivity contribution >= 4 is 21.7 Å². The van der Waals surface area contributed by atoms with Crippen molar-refractivity contribution in [2.24, 2.45) is 0 Å². The molecule has 92 valence electrons. The van der Waals surface area contributed by atoms with Crippen molar-refractivity contribution in [2.45, 2.75) is 13.8 Å². The molecule has 0 bridgehead atoms. The smallest absolute Gasteiger partial charge is 0.160 e. The summed E-state index contributed by atoms with van der Waals surface area (Å²) in [5.41, 5.74) is 1.80. The fourth-order valence-electron chi connectivity index (χ4n) is 1.66. The van der Waals surface area contributed by atoms with Gasteiger partial charge in [-0.05, 0) is 65.7 Å². The van der Waals surface area contributed by atoms with Gasteiger partial charge in [0.15, 0.2) is 5.78 Å². The predicted molar refractivity (Wildman–Crippen MR) is 75.4 cm³/mol. The summed E-state index contributed by atoms with van der Waals surface area (Å²) in [5, 5.41) is 0. The quantitative estimate of drug-likeness (QED) is 0.765. The van der Waals surface area contributed by atoms with Gasteiger partial charge in [0.1, 0.15) is 11.5 Å². The zero-order valence-electron chi connectivity index (χ0n) is 10.2. The third-order valence-corrected chi connectivity index (χ3v) is 3.20. The number of carbonyl (C=O) groups is 1. The molecule has 0 fully saturated rings. The van der Waals surface area contributed by atoms with E-state index >= 15 is 0 Å². The Bertz CT molecular complexity index is 591. The van der Waals surface area contributed by atoms with Crippen molar-refractivity contribution in [3.05, 3.63) is 58.1 Å². The zero-order valence-corrected chi connectivity index (χ0v) is 11.8. The molecule has 2 aromatic carbocycles. The van der Waals surface area contributed by atoms with E-state index in [1.54, 1.807) is 25.1 Å². The molecule has 0 aliphatic carbocycles. The van der Waals surface area contributed by atoms with Gasteiger partial charge in [-0.25, -0.2) is 0 Å². The van der Waals surface area contributed by atoms with Gasteiger partial charge in [-0.15, -0.1) is 0 Å². The summed E-state index contributed by atoms with van der Waals surface area (Å²) >= 11 is 3.37. The van der Waals surface area contributed by atoms with E-state index in [4.69, 9.17) is 4.74 Å². The summed E-state index contributed by atoms with van der Waals surface area (Å²) in [6.07, 6.45) is 0. The van der Waals surface area contributed by atoms with Gasteiger partial charge < -0.3 is 4.74 Å². The van der Waals surface area contributed by atoms with Gasteiger partial charge in [0, 0.05) is 10.0 Å². The number of hydrogen-bond donors (Lipinski definition) is 0. The molecule has 2 aromatic rings. The van der Waals surface area contributed by atoms with Crippen LogP contribution in [0, 0.1) is 6.92 Å². The molecule has 3 heteroatoms. The topological polar surface area (TPSA) is 26.3 Å². The highest BCUT2D eigenvalue weighted by Crippen LogP contribution is 2.27. The lowest BCUT2D eigenvalue weighted by Crippen LogP contribution is -1.94. The fraction of sp³-hybridized carbons (Fsp3) is 0.133. The third kappa shape index (κ3) is 2.99. The van der Waals surface area contributed by atoms with Crippen molar-refractivity contribution in [3.63, 3.8) is 0 Å². The summed E-state index contributed by atoms with van der Waals surface area (Å²) in [6, 6.07) is 13.2. The number of benzene rings is 2. The van der Waals surface area contributed by atoms with Crippen LogP contribution in [0.5, 0.6) is 11.5 Å². The Morgan fingerprint density at radius 1 is 1.11 bits per heavy atom. The van der Waals surface area contributed by atoms with Crippen LogP contribution >= 0.6 is 15.9 Å². The Morgan fingerprint density at radius 2 is 1.83 bits per heavy atom. The average molecular weight is 305 g/mol. The van der Waals surface area contributed by atoms with Crippen LogP contribution in [0.2, 0.25) is 0 Å². The number of ketones is 1. The molecule has 2 nitrogen and oxygen atoms in total. The highest BCUT2D eigenvalue weighted by molar-refractivity contribution is 9.10. The number of aryl methyl sites for hydroxylation is 1. The maximum atomic E-state index is 11.3. The third-order valence-electron chi connectivity index (χ3n) is 2.55. The SMILES string of the molecule is CC(=O)c1ccc(Oc2cccc(C)c2)cc1Br. The number of hydrogen-bond acceptors (Lipinski definition) is 2. The number of Topliss-reactive ketones (excluding diaryl/α,β-unsaturated/α-hetero) is 1. The molecule has 18 heavy (non-hydrogen) atoms. The Balaban J connectivity index is 2.25. The first-order chi connectivity index (χ1) is 8.56. The predicted octanol–water partition coefficient (Wildman–Crippen LogP) is 4.75. The minimum Gasteiger partial charge on any atom is -0.457 e. The summed E-state index contributed by atoms with van der Waals surface area (Å²) in [4.78, 5) is 11.3. The van der Waals surface area contributed by atoms with Crippen LogP contribution < -0.4 is 4.74 Å². The number of halogens is 1. The molecule has 0 unspecified atom stereocenters. The minimum absolute atomic E-state index is 0.0315. The first kappa shape index (κ1) is 12.8. The van der Waals surface area contributed by atoms with Crippen molar-refractivity contribution in [1.29, 1.82) is 0 Å². The van der Waals surface area contributed by atoms with Crippen LogP contribution in [0.15, 0.2) is 46.9 Å². The van der Waals surface area contributed by atoms with E-state index in [1.165, 1.54) is 0 Å². The van der Waals surface area contributed by atoms with Crippen molar-refractivity contribution < 1.29 is 9.53 Å². The second-order valence-electron chi connectivity index (χ2n) is 4.12. The maximum absolute atomic E-state index is 11.3. The lowest BCUT2D eigenvalue weighted by Gasteiger charge is -2.08. The zero-order chi connectivity index (χ0) is 13.1. The molecule has 0 atom stereocenters. The molecule has 0 saturated carbocycles. The van der Waals surface area contributed by atoms with Crippen LogP contribution in [0.25, 0.3) is 0 Å². The van der Waals surface area contributed by atoms with Crippen molar-refractivity contribution in [1.82, 2.24) is 0 Å². The van der Waals surface area contributed by atoms with E-state index in [2.05, 4.69) is 15.9 Å². The van der Waals surface area contributed by atoms with E-state index in [-0.39, 0.29) is 5.78 Å². The van der Waals surface area contributed by atoms with Crippen LogP contribution in [-0.2, 0) is 0 Å². The maximum Gasteiger partial charge on any atom is 0.160 e. The first-order valence-corrected chi connectivity index (χ1v) is 6.40. The Hall–Kier alpha value is -1.61. The van der Waals surface area contributed by atoms with E-state index in [0.29, 0.717) is 11.3 Å². The van der Waals surface area contributed by atoms with E-state index < -0.39 is 0 Å². The summed E-state index contributed by atoms with van der Waals surface area (Å²) in [7, 11) is 0. The number of rotatable bonds is 3. The molecule has 0 amide bonds. The molecule has 0 aliphatic heterocycles. The lowest BCUT2D eigenvalue weighted by molar-refractivity contribution is 0.101. The van der Waals surface area contributed by atoms with Gasteiger partial charge in [-0.1, -0.05) is 12.1 Å². The van der Waals surface area contributed by atoms with Gasteiger partial charge in [-0.3, -0.25) is 4.79 Å². The van der Waals surface area contributed by atoms with Gasteiger partial charge in [0.25, 0.3) is 0 Å². The fourth-order valence-corrected chi connectivity index (χ4v) is 2.30. The van der Waals surface area contributed by atoms with Crippen molar-refractivity contribution in [3.8, 4) is 11.5 Å².